The molecule has 0 aromatic heterocycles. The predicted octanol–water partition coefficient (Wildman–Crippen LogP) is 2.43. The topological polar surface area (TPSA) is 65.1 Å². The standard InChI is InChI=1S/C18H21NO5/c1-12-7-8-19(17(21)9-12)16(20)6-5-13-10-14(22-2)18(24-4)15(11-13)23-3/h5-6,9-11H,7-8H2,1-4H3/b6-5+. The molecule has 1 aliphatic rings. The fourth-order valence-electron chi connectivity index (χ4n) is 2.43. The van der Waals surface area contributed by atoms with Gasteiger partial charge in [0.1, 0.15) is 0 Å². The average Bonchev–Trinajstić information content (AvgIpc) is 2.58. The van der Waals surface area contributed by atoms with E-state index in [-0.39, 0.29) is 11.8 Å². The van der Waals surface area contributed by atoms with Crippen molar-refractivity contribution in [3.63, 3.8) is 0 Å². The Bertz CT molecular complexity index is 680. The van der Waals surface area contributed by atoms with Crippen LogP contribution in [0.1, 0.15) is 18.9 Å². The Morgan fingerprint density at radius 2 is 1.75 bits per heavy atom. The summed E-state index contributed by atoms with van der Waals surface area (Å²) in [6.45, 7) is 2.28. The maximum absolute atomic E-state index is 12.2. The Morgan fingerprint density at radius 1 is 1.12 bits per heavy atom. The first-order chi connectivity index (χ1) is 11.5. The van der Waals surface area contributed by atoms with Crippen LogP contribution < -0.4 is 14.2 Å². The number of benzene rings is 1. The molecule has 0 saturated heterocycles. The first kappa shape index (κ1) is 17.6. The zero-order valence-corrected chi connectivity index (χ0v) is 14.3. The Kier molecular flexibility index (Phi) is 5.63. The number of carbonyl (C=O) groups excluding carboxylic acids is 2. The minimum atomic E-state index is -0.350. The van der Waals surface area contributed by atoms with Crippen molar-refractivity contribution < 1.29 is 23.8 Å². The highest BCUT2D eigenvalue weighted by molar-refractivity contribution is 6.07. The molecule has 0 radical (unpaired) electrons. The van der Waals surface area contributed by atoms with E-state index in [1.807, 2.05) is 6.92 Å². The molecule has 0 saturated carbocycles. The van der Waals surface area contributed by atoms with Crippen LogP contribution in [-0.4, -0.2) is 44.6 Å². The van der Waals surface area contributed by atoms with E-state index < -0.39 is 0 Å². The lowest BCUT2D eigenvalue weighted by Gasteiger charge is -2.22. The fraction of sp³-hybridized carbons (Fsp3) is 0.333. The van der Waals surface area contributed by atoms with Gasteiger partial charge in [0.2, 0.25) is 5.75 Å². The SMILES string of the molecule is COc1cc(/C=C/C(=O)N2CCC(C)=CC2=O)cc(OC)c1OC. The minimum Gasteiger partial charge on any atom is -0.493 e. The molecule has 1 aliphatic heterocycles. The molecule has 0 unspecified atom stereocenters. The van der Waals surface area contributed by atoms with Crippen molar-refractivity contribution in [3.05, 3.63) is 35.4 Å². The highest BCUT2D eigenvalue weighted by Crippen LogP contribution is 2.38. The van der Waals surface area contributed by atoms with Crippen molar-refractivity contribution >= 4 is 17.9 Å². The smallest absolute Gasteiger partial charge is 0.253 e. The summed E-state index contributed by atoms with van der Waals surface area (Å²) < 4.78 is 15.8. The van der Waals surface area contributed by atoms with Gasteiger partial charge in [-0.15, -0.1) is 0 Å². The second kappa shape index (κ2) is 7.68. The Hall–Kier alpha value is -2.76. The zero-order valence-electron chi connectivity index (χ0n) is 14.3. The van der Waals surface area contributed by atoms with E-state index in [9.17, 15) is 9.59 Å². The fourth-order valence-corrected chi connectivity index (χ4v) is 2.43. The van der Waals surface area contributed by atoms with Crippen LogP contribution in [0.25, 0.3) is 6.08 Å². The molecular formula is C18H21NO5. The van der Waals surface area contributed by atoms with Crippen LogP contribution in [0, 0.1) is 0 Å². The molecular weight excluding hydrogens is 310 g/mol. The molecule has 6 heteroatoms. The first-order valence-corrected chi connectivity index (χ1v) is 7.51. The van der Waals surface area contributed by atoms with Gasteiger partial charge in [-0.05, 0) is 37.1 Å². The highest BCUT2D eigenvalue weighted by Gasteiger charge is 2.21. The van der Waals surface area contributed by atoms with Gasteiger partial charge in [0.25, 0.3) is 11.8 Å². The number of imide groups is 1. The van der Waals surface area contributed by atoms with E-state index in [1.165, 1.54) is 38.4 Å². The maximum atomic E-state index is 12.2. The van der Waals surface area contributed by atoms with Gasteiger partial charge in [-0.3, -0.25) is 14.5 Å². The molecule has 6 nitrogen and oxygen atoms in total. The summed E-state index contributed by atoms with van der Waals surface area (Å²) in [5, 5.41) is 0. The quantitative estimate of drug-likeness (QED) is 0.775. The molecule has 0 aliphatic carbocycles. The van der Waals surface area contributed by atoms with Crippen molar-refractivity contribution in [1.82, 2.24) is 4.90 Å². The van der Waals surface area contributed by atoms with Crippen LogP contribution in [0.2, 0.25) is 0 Å². The molecule has 2 amide bonds. The predicted molar refractivity (Wildman–Crippen MR) is 90.2 cm³/mol. The van der Waals surface area contributed by atoms with Gasteiger partial charge in [-0.2, -0.15) is 0 Å². The molecule has 128 valence electrons. The average molecular weight is 331 g/mol. The van der Waals surface area contributed by atoms with Crippen LogP contribution in [0.5, 0.6) is 17.2 Å². The summed E-state index contributed by atoms with van der Waals surface area (Å²) >= 11 is 0. The van der Waals surface area contributed by atoms with Gasteiger partial charge in [0, 0.05) is 18.7 Å². The number of hydrogen-bond donors (Lipinski definition) is 0. The van der Waals surface area contributed by atoms with Gasteiger partial charge < -0.3 is 14.2 Å². The largest absolute Gasteiger partial charge is 0.493 e. The number of hydrogen-bond acceptors (Lipinski definition) is 5. The molecule has 2 rings (SSSR count). The van der Waals surface area contributed by atoms with Crippen LogP contribution in [0.3, 0.4) is 0 Å². The molecule has 0 fully saturated rings. The van der Waals surface area contributed by atoms with Crippen LogP contribution in [0.15, 0.2) is 29.9 Å². The molecule has 0 bridgehead atoms. The van der Waals surface area contributed by atoms with Crippen molar-refractivity contribution in [2.75, 3.05) is 27.9 Å². The lowest BCUT2D eigenvalue weighted by molar-refractivity contribution is -0.139. The van der Waals surface area contributed by atoms with E-state index in [1.54, 1.807) is 18.2 Å². The lowest BCUT2D eigenvalue weighted by Crippen LogP contribution is -2.37. The number of carbonyl (C=O) groups is 2. The van der Waals surface area contributed by atoms with E-state index in [2.05, 4.69) is 0 Å². The Morgan fingerprint density at radius 3 is 2.25 bits per heavy atom. The van der Waals surface area contributed by atoms with Crippen LogP contribution in [-0.2, 0) is 9.59 Å². The monoisotopic (exact) mass is 331 g/mol. The maximum Gasteiger partial charge on any atom is 0.253 e. The van der Waals surface area contributed by atoms with E-state index in [0.717, 1.165) is 5.57 Å². The van der Waals surface area contributed by atoms with Gasteiger partial charge in [-0.1, -0.05) is 5.57 Å². The lowest BCUT2D eigenvalue weighted by atomic mass is 10.1. The number of nitrogens with zero attached hydrogens (tertiary/aromatic N) is 1. The van der Waals surface area contributed by atoms with E-state index >= 15 is 0 Å². The van der Waals surface area contributed by atoms with Crippen LogP contribution in [0.4, 0.5) is 0 Å². The van der Waals surface area contributed by atoms with Crippen molar-refractivity contribution in [2.45, 2.75) is 13.3 Å². The van der Waals surface area contributed by atoms with Gasteiger partial charge >= 0.3 is 0 Å². The van der Waals surface area contributed by atoms with Crippen LogP contribution >= 0.6 is 0 Å². The Balaban J connectivity index is 2.22. The summed E-state index contributed by atoms with van der Waals surface area (Å²) in [7, 11) is 4.57. The first-order valence-electron chi connectivity index (χ1n) is 7.51. The summed E-state index contributed by atoms with van der Waals surface area (Å²) in [4.78, 5) is 25.3. The summed E-state index contributed by atoms with van der Waals surface area (Å²) in [5.41, 5.74) is 1.69. The molecule has 0 atom stereocenters. The van der Waals surface area contributed by atoms with Gasteiger partial charge in [0.05, 0.1) is 21.3 Å². The second-order valence-corrected chi connectivity index (χ2v) is 5.36. The third-order valence-corrected chi connectivity index (χ3v) is 3.74. The second-order valence-electron chi connectivity index (χ2n) is 5.36. The molecule has 0 N–H and O–H groups in total. The van der Waals surface area contributed by atoms with E-state index in [4.69, 9.17) is 14.2 Å². The number of amides is 2. The zero-order chi connectivity index (χ0) is 17.7. The number of methoxy groups -OCH3 is 3. The van der Waals surface area contributed by atoms with Crippen molar-refractivity contribution in [1.29, 1.82) is 0 Å². The van der Waals surface area contributed by atoms with Gasteiger partial charge in [0.15, 0.2) is 11.5 Å². The molecule has 1 aromatic rings. The van der Waals surface area contributed by atoms with E-state index in [0.29, 0.717) is 35.8 Å². The van der Waals surface area contributed by atoms with Gasteiger partial charge in [-0.25, -0.2) is 0 Å². The number of ether oxygens (including phenoxy) is 3. The van der Waals surface area contributed by atoms with Crippen molar-refractivity contribution in [3.8, 4) is 17.2 Å². The summed E-state index contributed by atoms with van der Waals surface area (Å²) in [6, 6.07) is 3.46. The van der Waals surface area contributed by atoms with Crippen molar-refractivity contribution in [2.24, 2.45) is 0 Å². The third-order valence-electron chi connectivity index (χ3n) is 3.74. The third kappa shape index (κ3) is 3.76. The highest BCUT2D eigenvalue weighted by atomic mass is 16.5. The molecule has 24 heavy (non-hydrogen) atoms. The Labute approximate surface area is 141 Å². The summed E-state index contributed by atoms with van der Waals surface area (Å²) in [6.07, 6.45) is 5.18. The molecule has 0 spiro atoms. The normalized spacial score (nSPS) is 14.6. The molecule has 1 heterocycles. The summed E-state index contributed by atoms with van der Waals surface area (Å²) in [5.74, 6) is 0.846. The number of rotatable bonds is 5. The minimum absolute atomic E-state index is 0.279. The molecule has 1 aromatic carbocycles.